The summed E-state index contributed by atoms with van der Waals surface area (Å²) in [5.41, 5.74) is 2.92. The summed E-state index contributed by atoms with van der Waals surface area (Å²) in [6, 6.07) is 6.54. The molecule has 1 aromatic carbocycles. The van der Waals surface area contributed by atoms with Crippen molar-refractivity contribution in [3.8, 4) is 0 Å². The number of halogens is 1. The summed E-state index contributed by atoms with van der Waals surface area (Å²) in [5, 5.41) is 0. The molecular weight excluding hydrogens is 232 g/mol. The minimum Gasteiger partial charge on any atom is -0.161 e. The lowest BCUT2D eigenvalue weighted by Gasteiger charge is -2.06. The highest BCUT2D eigenvalue weighted by Gasteiger charge is 1.99. The topological polar surface area (TPSA) is 0 Å². The zero-order chi connectivity index (χ0) is 8.97. The van der Waals surface area contributed by atoms with Gasteiger partial charge in [0.15, 0.2) is 0 Å². The van der Waals surface area contributed by atoms with Gasteiger partial charge in [-0.15, -0.1) is 0 Å². The fraction of sp³-hybridized carbons (Fsp3) is 0.400. The molecule has 0 saturated heterocycles. The quantitative estimate of drug-likeness (QED) is 0.778. The first-order valence-corrected chi connectivity index (χ1v) is 6.22. The minimum absolute atomic E-state index is 1.11. The number of thioether (sulfide) groups is 1. The van der Waals surface area contributed by atoms with Gasteiger partial charge in [-0.05, 0) is 35.9 Å². The fourth-order valence-corrected chi connectivity index (χ4v) is 2.22. The molecule has 0 atom stereocenters. The second-order valence-electron chi connectivity index (χ2n) is 2.70. The first kappa shape index (κ1) is 10.1. The molecule has 0 heterocycles. The second kappa shape index (κ2) is 4.93. The second-order valence-corrected chi connectivity index (χ2v) is 4.48. The van der Waals surface area contributed by atoms with Crippen LogP contribution in [0.4, 0.5) is 0 Å². The third kappa shape index (κ3) is 2.53. The number of benzene rings is 1. The highest BCUT2D eigenvalue weighted by molar-refractivity contribution is 9.10. The summed E-state index contributed by atoms with van der Waals surface area (Å²) < 4.78 is 1.18. The van der Waals surface area contributed by atoms with Crippen LogP contribution in [0.3, 0.4) is 0 Å². The molecule has 1 aromatic rings. The van der Waals surface area contributed by atoms with Crippen LogP contribution < -0.4 is 0 Å². The first-order chi connectivity index (χ1) is 5.77. The molecule has 0 radical (unpaired) electrons. The Hall–Kier alpha value is 0.0500. The van der Waals surface area contributed by atoms with E-state index in [1.54, 1.807) is 0 Å². The first-order valence-electron chi connectivity index (χ1n) is 4.04. The van der Waals surface area contributed by atoms with Gasteiger partial charge in [0.25, 0.3) is 0 Å². The minimum atomic E-state index is 1.11. The molecule has 12 heavy (non-hydrogen) atoms. The molecule has 0 aliphatic rings. The fourth-order valence-electron chi connectivity index (χ4n) is 1.23. The van der Waals surface area contributed by atoms with E-state index in [-0.39, 0.29) is 0 Å². The van der Waals surface area contributed by atoms with E-state index in [0.29, 0.717) is 0 Å². The SMILES string of the molecule is CCc1ccc(Br)cc1CSC. The molecule has 0 aromatic heterocycles. The predicted molar refractivity (Wildman–Crippen MR) is 60.7 cm³/mol. The van der Waals surface area contributed by atoms with E-state index in [1.165, 1.54) is 15.6 Å². The van der Waals surface area contributed by atoms with Crippen molar-refractivity contribution in [3.05, 3.63) is 33.8 Å². The Kier molecular flexibility index (Phi) is 4.16. The van der Waals surface area contributed by atoms with Crippen LogP contribution in [-0.2, 0) is 12.2 Å². The standard InChI is InChI=1S/C10H13BrS/c1-3-8-4-5-10(11)6-9(8)7-12-2/h4-6H,3,7H2,1-2H3. The third-order valence-electron chi connectivity index (χ3n) is 1.85. The predicted octanol–water partition coefficient (Wildman–Crippen LogP) is 3.87. The molecule has 0 aliphatic heterocycles. The Morgan fingerprint density at radius 3 is 2.67 bits per heavy atom. The lowest BCUT2D eigenvalue weighted by Crippen LogP contribution is -1.89. The molecule has 0 amide bonds. The van der Waals surface area contributed by atoms with E-state index >= 15 is 0 Å². The van der Waals surface area contributed by atoms with Crippen LogP contribution in [0.5, 0.6) is 0 Å². The summed E-state index contributed by atoms with van der Waals surface area (Å²) in [6.45, 7) is 2.20. The molecule has 0 aliphatic carbocycles. The van der Waals surface area contributed by atoms with E-state index in [9.17, 15) is 0 Å². The van der Waals surface area contributed by atoms with Crippen molar-refractivity contribution in [1.29, 1.82) is 0 Å². The molecule has 0 nitrogen and oxygen atoms in total. The summed E-state index contributed by atoms with van der Waals surface area (Å²) in [5.74, 6) is 1.11. The van der Waals surface area contributed by atoms with Crippen LogP contribution in [0.1, 0.15) is 18.1 Å². The van der Waals surface area contributed by atoms with Crippen LogP contribution >= 0.6 is 27.7 Å². The molecular formula is C10H13BrS. The Morgan fingerprint density at radius 1 is 1.33 bits per heavy atom. The van der Waals surface area contributed by atoms with Crippen molar-refractivity contribution in [2.24, 2.45) is 0 Å². The Labute approximate surface area is 86.9 Å². The van der Waals surface area contributed by atoms with Gasteiger partial charge in [0.05, 0.1) is 0 Å². The molecule has 66 valence electrons. The van der Waals surface area contributed by atoms with Crippen molar-refractivity contribution in [2.45, 2.75) is 19.1 Å². The van der Waals surface area contributed by atoms with Crippen molar-refractivity contribution < 1.29 is 0 Å². The third-order valence-corrected chi connectivity index (χ3v) is 2.94. The van der Waals surface area contributed by atoms with Crippen molar-refractivity contribution in [2.75, 3.05) is 6.26 Å². The van der Waals surface area contributed by atoms with E-state index in [0.717, 1.165) is 12.2 Å². The van der Waals surface area contributed by atoms with Gasteiger partial charge < -0.3 is 0 Å². The molecule has 0 spiro atoms. The van der Waals surface area contributed by atoms with Crippen molar-refractivity contribution in [1.82, 2.24) is 0 Å². The van der Waals surface area contributed by atoms with Gasteiger partial charge in [-0.3, -0.25) is 0 Å². The molecule has 0 unspecified atom stereocenters. The maximum atomic E-state index is 3.49. The number of rotatable bonds is 3. The lowest BCUT2D eigenvalue weighted by molar-refractivity contribution is 1.10. The van der Waals surface area contributed by atoms with Crippen LogP contribution in [0.2, 0.25) is 0 Å². The summed E-state index contributed by atoms with van der Waals surface area (Å²) in [4.78, 5) is 0. The molecule has 0 fully saturated rings. The number of aryl methyl sites for hydroxylation is 1. The van der Waals surface area contributed by atoms with E-state index < -0.39 is 0 Å². The highest BCUT2D eigenvalue weighted by Crippen LogP contribution is 2.20. The molecule has 0 N–H and O–H groups in total. The zero-order valence-electron chi connectivity index (χ0n) is 7.43. The number of hydrogen-bond donors (Lipinski definition) is 0. The van der Waals surface area contributed by atoms with Gasteiger partial charge in [0.1, 0.15) is 0 Å². The summed E-state index contributed by atoms with van der Waals surface area (Å²) >= 11 is 5.36. The maximum absolute atomic E-state index is 3.49. The molecule has 2 heteroatoms. The average Bonchev–Trinajstić information content (AvgIpc) is 2.05. The van der Waals surface area contributed by atoms with Gasteiger partial charge >= 0.3 is 0 Å². The lowest BCUT2D eigenvalue weighted by atomic mass is 10.1. The van der Waals surface area contributed by atoms with Crippen LogP contribution in [0, 0.1) is 0 Å². The van der Waals surface area contributed by atoms with Crippen LogP contribution in [-0.4, -0.2) is 6.26 Å². The summed E-state index contributed by atoms with van der Waals surface area (Å²) in [7, 11) is 0. The van der Waals surface area contributed by atoms with Gasteiger partial charge in [-0.1, -0.05) is 28.9 Å². The molecule has 0 saturated carbocycles. The Balaban J connectivity index is 2.95. The van der Waals surface area contributed by atoms with Gasteiger partial charge in [0, 0.05) is 10.2 Å². The van der Waals surface area contributed by atoms with Crippen molar-refractivity contribution in [3.63, 3.8) is 0 Å². The van der Waals surface area contributed by atoms with Crippen LogP contribution in [0.25, 0.3) is 0 Å². The average molecular weight is 245 g/mol. The Morgan fingerprint density at radius 2 is 2.08 bits per heavy atom. The monoisotopic (exact) mass is 244 g/mol. The molecule has 0 bridgehead atoms. The maximum Gasteiger partial charge on any atom is 0.0184 e. The van der Waals surface area contributed by atoms with Crippen molar-refractivity contribution >= 4 is 27.7 Å². The van der Waals surface area contributed by atoms with Gasteiger partial charge in [-0.2, -0.15) is 11.8 Å². The van der Waals surface area contributed by atoms with E-state index in [1.807, 2.05) is 11.8 Å². The molecule has 1 rings (SSSR count). The normalized spacial score (nSPS) is 10.2. The summed E-state index contributed by atoms with van der Waals surface area (Å²) in [6.07, 6.45) is 3.27. The smallest absolute Gasteiger partial charge is 0.0184 e. The Bertz CT molecular complexity index is 258. The largest absolute Gasteiger partial charge is 0.161 e. The van der Waals surface area contributed by atoms with E-state index in [2.05, 4.69) is 47.3 Å². The van der Waals surface area contributed by atoms with Gasteiger partial charge in [0.2, 0.25) is 0 Å². The zero-order valence-corrected chi connectivity index (χ0v) is 9.83. The highest BCUT2D eigenvalue weighted by atomic mass is 79.9. The number of hydrogen-bond acceptors (Lipinski definition) is 1. The van der Waals surface area contributed by atoms with E-state index in [4.69, 9.17) is 0 Å². The van der Waals surface area contributed by atoms with Gasteiger partial charge in [-0.25, -0.2) is 0 Å². The van der Waals surface area contributed by atoms with Crippen LogP contribution in [0.15, 0.2) is 22.7 Å².